The van der Waals surface area contributed by atoms with Gasteiger partial charge in [0.05, 0.1) is 49.6 Å². The van der Waals surface area contributed by atoms with E-state index in [-0.39, 0.29) is 59.3 Å². The summed E-state index contributed by atoms with van der Waals surface area (Å²) >= 11 is 0. The summed E-state index contributed by atoms with van der Waals surface area (Å²) < 4.78 is 9.09. The first kappa shape index (κ1) is 28.2. The maximum atomic E-state index is 13.5. The fraction of sp³-hybridized carbons (Fsp3) is 0.308. The van der Waals surface area contributed by atoms with Crippen LogP contribution in [0, 0.1) is 0 Å². The van der Waals surface area contributed by atoms with Crippen LogP contribution in [0.5, 0.6) is 0 Å². The minimum Gasteiger partial charge on any atom is -0.469 e. The number of ether oxygens (including phenoxy) is 2. The zero-order chi connectivity index (χ0) is 28.0. The van der Waals surface area contributed by atoms with Crippen LogP contribution in [0.2, 0.25) is 0 Å². The maximum Gasteiger partial charge on any atom is 0.307 e. The Morgan fingerprint density at radius 3 is 1.39 bits per heavy atom. The monoisotopic (exact) mass is 524 g/mol. The van der Waals surface area contributed by atoms with Crippen molar-refractivity contribution in [3.05, 3.63) is 58.7 Å². The van der Waals surface area contributed by atoms with E-state index in [1.165, 1.54) is 50.6 Å². The highest BCUT2D eigenvalue weighted by Crippen LogP contribution is 2.35. The van der Waals surface area contributed by atoms with Gasteiger partial charge in [-0.1, -0.05) is 24.3 Å². The van der Waals surface area contributed by atoms with E-state index in [0.717, 1.165) is 0 Å². The van der Waals surface area contributed by atoms with Crippen LogP contribution in [-0.2, 0) is 28.7 Å². The molecule has 2 atom stereocenters. The number of carbonyl (C=O) groups excluding carboxylic acids is 6. The highest BCUT2D eigenvalue weighted by Gasteiger charge is 2.34. The molecule has 12 heteroatoms. The van der Waals surface area contributed by atoms with Crippen LogP contribution >= 0.6 is 0 Å². The summed E-state index contributed by atoms with van der Waals surface area (Å²) in [4.78, 5) is 74.8. The van der Waals surface area contributed by atoms with Gasteiger partial charge in [0.1, 0.15) is 0 Å². The number of nitrogens with one attached hydrogen (secondary N) is 2. The van der Waals surface area contributed by atoms with Gasteiger partial charge in [0.25, 0.3) is 0 Å². The number of amides is 2. The Morgan fingerprint density at radius 2 is 1.05 bits per heavy atom. The van der Waals surface area contributed by atoms with Gasteiger partial charge in [-0.25, -0.2) is 0 Å². The lowest BCUT2D eigenvalue weighted by Gasteiger charge is -2.23. The lowest BCUT2D eigenvalue weighted by Crippen LogP contribution is -2.31. The van der Waals surface area contributed by atoms with E-state index in [9.17, 15) is 28.8 Å². The van der Waals surface area contributed by atoms with Crippen LogP contribution in [0.3, 0.4) is 0 Å². The SMILES string of the molecule is COC(=O)CC(N)CC(=O)Nc1cccc2c1C(=O)c1cccc(NC(=O)CC(N)CC(=O)OC)c1C2=O. The Labute approximate surface area is 218 Å². The van der Waals surface area contributed by atoms with Crippen LogP contribution in [0.4, 0.5) is 11.4 Å². The second-order valence-corrected chi connectivity index (χ2v) is 8.70. The third-order valence-corrected chi connectivity index (χ3v) is 5.83. The minimum atomic E-state index is -0.799. The van der Waals surface area contributed by atoms with Crippen molar-refractivity contribution >= 4 is 46.7 Å². The average molecular weight is 525 g/mol. The molecule has 3 rings (SSSR count). The molecular weight excluding hydrogens is 496 g/mol. The van der Waals surface area contributed by atoms with E-state index in [0.29, 0.717) is 0 Å². The molecule has 0 fully saturated rings. The molecule has 12 nitrogen and oxygen atoms in total. The first-order chi connectivity index (χ1) is 18.0. The molecule has 6 N–H and O–H groups in total. The molecule has 0 saturated heterocycles. The lowest BCUT2D eigenvalue weighted by molar-refractivity contribution is -0.142. The van der Waals surface area contributed by atoms with Gasteiger partial charge >= 0.3 is 11.9 Å². The highest BCUT2D eigenvalue weighted by molar-refractivity contribution is 6.32. The van der Waals surface area contributed by atoms with Crippen LogP contribution in [0.15, 0.2) is 36.4 Å². The first-order valence-electron chi connectivity index (χ1n) is 11.7. The standard InChI is InChI=1S/C26H28N4O8/c1-37-21(33)11-13(27)9-19(31)29-17-7-3-5-15-23(17)25(35)16-6-4-8-18(24(16)26(15)36)30-20(32)10-14(28)12-22(34)38-2/h3-8,13-14H,9-12,27-28H2,1-2H3,(H,29,31)(H,30,32). The molecule has 1 aliphatic carbocycles. The van der Waals surface area contributed by atoms with E-state index < -0.39 is 47.4 Å². The van der Waals surface area contributed by atoms with Crippen LogP contribution in [-0.4, -0.2) is 61.6 Å². The molecule has 200 valence electrons. The minimum absolute atomic E-state index is 0.00321. The molecule has 0 heterocycles. The molecule has 0 aromatic heterocycles. The van der Waals surface area contributed by atoms with Crippen LogP contribution in [0.25, 0.3) is 0 Å². The highest BCUT2D eigenvalue weighted by atomic mass is 16.5. The molecule has 0 radical (unpaired) electrons. The van der Waals surface area contributed by atoms with E-state index in [4.69, 9.17) is 11.5 Å². The van der Waals surface area contributed by atoms with Gasteiger partial charge in [0.15, 0.2) is 11.6 Å². The summed E-state index contributed by atoms with van der Waals surface area (Å²) in [5.41, 5.74) is 12.0. The molecule has 0 spiro atoms. The predicted octanol–water partition coefficient (Wildman–Crippen LogP) is 0.900. The number of methoxy groups -OCH3 is 2. The second-order valence-electron chi connectivity index (χ2n) is 8.70. The zero-order valence-corrected chi connectivity index (χ0v) is 20.9. The molecule has 0 bridgehead atoms. The Kier molecular flexibility index (Phi) is 9.05. The molecular formula is C26H28N4O8. The molecule has 2 amide bonds. The normalized spacial score (nSPS) is 13.5. The van der Waals surface area contributed by atoms with Gasteiger partial charge < -0.3 is 31.6 Å². The smallest absolute Gasteiger partial charge is 0.307 e. The predicted molar refractivity (Wildman–Crippen MR) is 135 cm³/mol. The van der Waals surface area contributed by atoms with E-state index in [1.54, 1.807) is 0 Å². The maximum absolute atomic E-state index is 13.5. The lowest BCUT2D eigenvalue weighted by atomic mass is 9.82. The Bertz CT molecular complexity index is 1210. The molecule has 38 heavy (non-hydrogen) atoms. The molecule has 2 aromatic rings. The summed E-state index contributed by atoms with van der Waals surface area (Å²) in [5.74, 6) is -3.28. The molecule has 0 saturated carbocycles. The third-order valence-electron chi connectivity index (χ3n) is 5.83. The van der Waals surface area contributed by atoms with Crippen molar-refractivity contribution in [3.8, 4) is 0 Å². The van der Waals surface area contributed by atoms with Gasteiger partial charge in [0, 0.05) is 36.1 Å². The summed E-state index contributed by atoms with van der Waals surface area (Å²) in [6.45, 7) is 0. The average Bonchev–Trinajstić information content (AvgIpc) is 2.86. The van der Waals surface area contributed by atoms with Gasteiger partial charge in [-0.3, -0.25) is 28.8 Å². The van der Waals surface area contributed by atoms with Crippen molar-refractivity contribution in [2.45, 2.75) is 37.8 Å². The van der Waals surface area contributed by atoms with Crippen LogP contribution < -0.4 is 22.1 Å². The number of anilines is 2. The van der Waals surface area contributed by atoms with E-state index >= 15 is 0 Å². The Balaban J connectivity index is 1.82. The quantitative estimate of drug-likeness (QED) is 0.276. The van der Waals surface area contributed by atoms with Crippen molar-refractivity contribution in [1.82, 2.24) is 0 Å². The van der Waals surface area contributed by atoms with Gasteiger partial charge in [-0.05, 0) is 12.1 Å². The number of benzene rings is 2. The van der Waals surface area contributed by atoms with E-state index in [1.807, 2.05) is 0 Å². The number of rotatable bonds is 10. The summed E-state index contributed by atoms with van der Waals surface area (Å²) in [6.07, 6.45) is -0.759. The fourth-order valence-corrected chi connectivity index (χ4v) is 4.07. The number of carbonyl (C=O) groups is 6. The fourth-order valence-electron chi connectivity index (χ4n) is 4.07. The van der Waals surface area contributed by atoms with Gasteiger partial charge in [-0.15, -0.1) is 0 Å². The number of hydrogen-bond donors (Lipinski definition) is 4. The number of ketones is 2. The first-order valence-corrected chi connectivity index (χ1v) is 11.7. The van der Waals surface area contributed by atoms with Crippen molar-refractivity contribution in [1.29, 1.82) is 0 Å². The molecule has 2 aromatic carbocycles. The zero-order valence-electron chi connectivity index (χ0n) is 20.9. The summed E-state index contributed by atoms with van der Waals surface area (Å²) in [5, 5.41) is 5.19. The van der Waals surface area contributed by atoms with Gasteiger partial charge in [-0.2, -0.15) is 0 Å². The number of fused-ring (bicyclic) bond motifs is 2. The Morgan fingerprint density at radius 1 is 0.684 bits per heavy atom. The van der Waals surface area contributed by atoms with Crippen molar-refractivity contribution in [2.24, 2.45) is 11.5 Å². The second kappa shape index (κ2) is 12.2. The summed E-state index contributed by atoms with van der Waals surface area (Å²) in [7, 11) is 2.42. The molecule has 2 unspecified atom stereocenters. The number of esters is 2. The van der Waals surface area contributed by atoms with Crippen molar-refractivity contribution < 1.29 is 38.2 Å². The largest absolute Gasteiger partial charge is 0.469 e. The van der Waals surface area contributed by atoms with Crippen molar-refractivity contribution in [2.75, 3.05) is 24.9 Å². The van der Waals surface area contributed by atoms with E-state index in [2.05, 4.69) is 20.1 Å². The topological polar surface area (TPSA) is 197 Å². The molecule has 0 aliphatic heterocycles. The third kappa shape index (κ3) is 6.47. The summed E-state index contributed by atoms with van der Waals surface area (Å²) in [6, 6.07) is 7.27. The Hall–Kier alpha value is -4.42. The number of hydrogen-bond acceptors (Lipinski definition) is 10. The number of nitrogens with two attached hydrogens (primary N) is 2. The van der Waals surface area contributed by atoms with Crippen molar-refractivity contribution in [3.63, 3.8) is 0 Å². The van der Waals surface area contributed by atoms with Crippen LogP contribution in [0.1, 0.15) is 57.5 Å². The van der Waals surface area contributed by atoms with Gasteiger partial charge in [0.2, 0.25) is 11.8 Å². The molecule has 1 aliphatic rings.